The summed E-state index contributed by atoms with van der Waals surface area (Å²) in [7, 11) is 1.20. The van der Waals surface area contributed by atoms with Crippen LogP contribution in [-0.2, 0) is 11.0 Å². The van der Waals surface area contributed by atoms with Gasteiger partial charge in [-0.15, -0.1) is 0 Å². The van der Waals surface area contributed by atoms with Crippen LogP contribution in [-0.4, -0.2) is 30.9 Å². The van der Waals surface area contributed by atoms with Crippen molar-refractivity contribution in [2.24, 2.45) is 0 Å². The van der Waals surface area contributed by atoms with E-state index >= 15 is 0 Å². The molecule has 0 N–H and O–H groups in total. The van der Waals surface area contributed by atoms with Gasteiger partial charge in [0.15, 0.2) is 0 Å². The minimum absolute atomic E-state index is 0.171. The fourth-order valence-corrected chi connectivity index (χ4v) is 2.32. The number of carbonyl (C=O) groups is 1. The molecule has 1 fully saturated rings. The molecule has 3 nitrogen and oxygen atoms in total. The lowest BCUT2D eigenvalue weighted by molar-refractivity contribution is -0.138. The lowest BCUT2D eigenvalue weighted by Crippen LogP contribution is -2.32. The molecule has 2 rings (SSSR count). The van der Waals surface area contributed by atoms with Crippen molar-refractivity contribution in [2.75, 3.05) is 20.2 Å². The van der Waals surface area contributed by atoms with Gasteiger partial charge in [0.2, 0.25) is 0 Å². The van der Waals surface area contributed by atoms with Crippen LogP contribution in [0, 0.1) is 0 Å². The molecule has 0 atom stereocenters. The molecule has 21 heavy (non-hydrogen) atoms. The van der Waals surface area contributed by atoms with Gasteiger partial charge in [-0.3, -0.25) is 4.79 Å². The monoisotopic (exact) mass is 299 g/mol. The maximum atomic E-state index is 13.0. The molecular formula is C15H16F3NO2. The Kier molecular flexibility index (Phi) is 4.25. The van der Waals surface area contributed by atoms with Crippen molar-refractivity contribution in [3.63, 3.8) is 0 Å². The first-order valence-electron chi connectivity index (χ1n) is 6.54. The average molecular weight is 299 g/mol. The third-order valence-electron chi connectivity index (χ3n) is 3.54. The zero-order valence-electron chi connectivity index (χ0n) is 11.7. The van der Waals surface area contributed by atoms with Crippen LogP contribution in [0.5, 0.6) is 5.75 Å². The number of ketones is 1. The Balaban J connectivity index is 2.28. The first kappa shape index (κ1) is 15.4. The molecule has 0 bridgehead atoms. The highest BCUT2D eigenvalue weighted by Crippen LogP contribution is 2.38. The number of hydrogen-bond acceptors (Lipinski definition) is 3. The quantitative estimate of drug-likeness (QED) is 0.857. The predicted octanol–water partition coefficient (Wildman–Crippen LogP) is 3.35. The Bertz CT molecular complexity index is 557. The maximum Gasteiger partial charge on any atom is 0.419 e. The number of likely N-dealkylation sites (tertiary alicyclic amines) is 1. The summed E-state index contributed by atoms with van der Waals surface area (Å²) in [6.07, 6.45) is -3.68. The molecule has 1 heterocycles. The first-order valence-corrected chi connectivity index (χ1v) is 6.54. The van der Waals surface area contributed by atoms with E-state index in [4.69, 9.17) is 4.74 Å². The minimum atomic E-state index is -4.49. The fraction of sp³-hybridized carbons (Fsp3) is 0.400. The minimum Gasteiger partial charge on any atom is -0.496 e. The van der Waals surface area contributed by atoms with Gasteiger partial charge in [0.25, 0.3) is 0 Å². The van der Waals surface area contributed by atoms with Crippen LogP contribution in [0.4, 0.5) is 13.2 Å². The van der Waals surface area contributed by atoms with Crippen LogP contribution in [0.2, 0.25) is 0 Å². The smallest absolute Gasteiger partial charge is 0.419 e. The SMILES string of the molecule is C=C(c1ccc(OC)c(C(F)(F)F)c1)N1CCC(=O)CC1. The maximum absolute atomic E-state index is 13.0. The topological polar surface area (TPSA) is 29.5 Å². The second kappa shape index (κ2) is 5.79. The van der Waals surface area contributed by atoms with Gasteiger partial charge in [-0.2, -0.15) is 13.2 Å². The normalized spacial score (nSPS) is 16.0. The van der Waals surface area contributed by atoms with Gasteiger partial charge >= 0.3 is 6.18 Å². The van der Waals surface area contributed by atoms with Crippen molar-refractivity contribution in [3.8, 4) is 5.75 Å². The molecule has 1 aromatic rings. The number of alkyl halides is 3. The molecule has 0 spiro atoms. The second-order valence-electron chi connectivity index (χ2n) is 4.89. The highest BCUT2D eigenvalue weighted by atomic mass is 19.4. The van der Waals surface area contributed by atoms with Gasteiger partial charge in [0, 0.05) is 31.6 Å². The van der Waals surface area contributed by atoms with Crippen molar-refractivity contribution in [2.45, 2.75) is 19.0 Å². The molecular weight excluding hydrogens is 283 g/mol. The van der Waals surface area contributed by atoms with Gasteiger partial charge in [-0.05, 0) is 23.8 Å². The van der Waals surface area contributed by atoms with Gasteiger partial charge in [0.05, 0.1) is 12.7 Å². The second-order valence-corrected chi connectivity index (χ2v) is 4.89. The fourth-order valence-electron chi connectivity index (χ4n) is 2.32. The van der Waals surface area contributed by atoms with E-state index in [1.807, 2.05) is 4.90 Å². The van der Waals surface area contributed by atoms with E-state index in [-0.39, 0.29) is 11.5 Å². The highest BCUT2D eigenvalue weighted by Gasteiger charge is 2.35. The highest BCUT2D eigenvalue weighted by molar-refractivity contribution is 5.80. The summed E-state index contributed by atoms with van der Waals surface area (Å²) < 4.78 is 43.8. The summed E-state index contributed by atoms with van der Waals surface area (Å²) in [4.78, 5) is 13.1. The number of methoxy groups -OCH3 is 1. The number of rotatable bonds is 3. The van der Waals surface area contributed by atoms with Gasteiger partial charge < -0.3 is 9.64 Å². The zero-order chi connectivity index (χ0) is 15.6. The van der Waals surface area contributed by atoms with Crippen molar-refractivity contribution in [1.29, 1.82) is 0 Å². The third-order valence-corrected chi connectivity index (χ3v) is 3.54. The van der Waals surface area contributed by atoms with Crippen LogP contribution in [0.15, 0.2) is 24.8 Å². The summed E-state index contributed by atoms with van der Waals surface area (Å²) >= 11 is 0. The van der Waals surface area contributed by atoms with Gasteiger partial charge in [-0.25, -0.2) is 0 Å². The van der Waals surface area contributed by atoms with Crippen molar-refractivity contribution < 1.29 is 22.7 Å². The van der Waals surface area contributed by atoms with E-state index in [0.717, 1.165) is 6.07 Å². The lowest BCUT2D eigenvalue weighted by atomic mass is 10.0. The standard InChI is InChI=1S/C15H16F3NO2/c1-10(19-7-5-12(20)6-8-19)11-3-4-14(21-2)13(9-11)15(16,17)18/h3-4,9H,1,5-8H2,2H3. The van der Waals surface area contributed by atoms with Crippen molar-refractivity contribution >= 4 is 11.5 Å². The molecule has 0 saturated carbocycles. The molecule has 1 saturated heterocycles. The van der Waals surface area contributed by atoms with Crippen molar-refractivity contribution in [3.05, 3.63) is 35.9 Å². The number of ether oxygens (including phenoxy) is 1. The Hall–Kier alpha value is -1.98. The number of benzene rings is 1. The van der Waals surface area contributed by atoms with Crippen LogP contribution >= 0.6 is 0 Å². The number of halogens is 3. The van der Waals surface area contributed by atoms with E-state index in [2.05, 4.69) is 6.58 Å². The molecule has 114 valence electrons. The number of piperidine rings is 1. The van der Waals surface area contributed by atoms with E-state index in [1.165, 1.54) is 13.2 Å². The van der Waals surface area contributed by atoms with E-state index in [0.29, 0.717) is 37.2 Å². The Morgan fingerprint density at radius 2 is 1.90 bits per heavy atom. The van der Waals surface area contributed by atoms with Crippen LogP contribution < -0.4 is 4.74 Å². The summed E-state index contributed by atoms with van der Waals surface area (Å²) in [5, 5.41) is 0. The predicted molar refractivity (Wildman–Crippen MR) is 72.8 cm³/mol. The molecule has 1 aromatic carbocycles. The molecule has 1 aliphatic rings. The molecule has 0 aromatic heterocycles. The van der Waals surface area contributed by atoms with E-state index in [9.17, 15) is 18.0 Å². The summed E-state index contributed by atoms with van der Waals surface area (Å²) in [5.74, 6) is -0.0439. The van der Waals surface area contributed by atoms with Crippen LogP contribution in [0.3, 0.4) is 0 Å². The van der Waals surface area contributed by atoms with E-state index < -0.39 is 11.7 Å². The Morgan fingerprint density at radius 3 is 2.43 bits per heavy atom. The molecule has 1 aliphatic heterocycles. The number of hydrogen-bond donors (Lipinski definition) is 0. The lowest BCUT2D eigenvalue weighted by Gasteiger charge is -2.30. The molecule has 6 heteroatoms. The molecule has 0 unspecified atom stereocenters. The molecule has 0 aliphatic carbocycles. The molecule has 0 amide bonds. The van der Waals surface area contributed by atoms with Gasteiger partial charge in [-0.1, -0.05) is 6.58 Å². The van der Waals surface area contributed by atoms with Crippen LogP contribution in [0.25, 0.3) is 5.70 Å². The Labute approximate surface area is 121 Å². The Morgan fingerprint density at radius 1 is 1.29 bits per heavy atom. The number of nitrogens with zero attached hydrogens (tertiary/aromatic N) is 1. The largest absolute Gasteiger partial charge is 0.496 e. The average Bonchev–Trinajstić information content (AvgIpc) is 2.45. The molecule has 0 radical (unpaired) electrons. The summed E-state index contributed by atoms with van der Waals surface area (Å²) in [6, 6.07) is 3.88. The van der Waals surface area contributed by atoms with Crippen LogP contribution in [0.1, 0.15) is 24.0 Å². The first-order chi connectivity index (χ1) is 9.82. The van der Waals surface area contributed by atoms with E-state index in [1.54, 1.807) is 6.07 Å². The van der Waals surface area contributed by atoms with Gasteiger partial charge in [0.1, 0.15) is 11.5 Å². The number of Topliss-reactive ketones (excluding diaryl/α,β-unsaturated/α-hetero) is 1. The zero-order valence-corrected chi connectivity index (χ0v) is 11.7. The summed E-state index contributed by atoms with van der Waals surface area (Å²) in [6.45, 7) is 4.84. The third kappa shape index (κ3) is 3.37. The summed E-state index contributed by atoms with van der Waals surface area (Å²) in [5.41, 5.74) is 0.0601. The van der Waals surface area contributed by atoms with Crippen molar-refractivity contribution in [1.82, 2.24) is 4.90 Å². The number of carbonyl (C=O) groups excluding carboxylic acids is 1.